The van der Waals surface area contributed by atoms with Crippen LogP contribution in [0.25, 0.3) is 0 Å². The summed E-state index contributed by atoms with van der Waals surface area (Å²) in [7, 11) is 0. The molecule has 14 heavy (non-hydrogen) atoms. The maximum absolute atomic E-state index is 10.0. The van der Waals surface area contributed by atoms with Crippen molar-refractivity contribution in [2.24, 2.45) is 5.90 Å². The Balaban J connectivity index is 0.000000241. The second kappa shape index (κ2) is 8.40. The lowest BCUT2D eigenvalue weighted by atomic mass is 10.3. The lowest BCUT2D eigenvalue weighted by molar-refractivity contribution is -0.123. The standard InChI is InChI=1S/C5H13NO.C4H3NO2/c1-2-3-4-5-7-6;6-3-1-2-4(7)5-3/h2-6H2,1H3;1-2H,(H,5,6,7). The predicted molar refractivity (Wildman–Crippen MR) is 52.0 cm³/mol. The van der Waals surface area contributed by atoms with Crippen LogP contribution in [0.1, 0.15) is 26.2 Å². The van der Waals surface area contributed by atoms with E-state index < -0.39 is 0 Å². The van der Waals surface area contributed by atoms with Crippen LogP contribution in [0.2, 0.25) is 0 Å². The topological polar surface area (TPSA) is 81.4 Å². The molecule has 1 rings (SSSR count). The fraction of sp³-hybridized carbons (Fsp3) is 0.556. The summed E-state index contributed by atoms with van der Waals surface area (Å²) in [5, 5.41) is 2.03. The summed E-state index contributed by atoms with van der Waals surface area (Å²) < 4.78 is 0. The number of nitrogens with two attached hydrogens (primary N) is 1. The molecule has 5 heteroatoms. The average Bonchev–Trinajstić information content (AvgIpc) is 2.52. The Hall–Kier alpha value is -1.20. The van der Waals surface area contributed by atoms with Crippen molar-refractivity contribution in [1.82, 2.24) is 5.32 Å². The molecule has 2 amide bonds. The summed E-state index contributed by atoms with van der Waals surface area (Å²) in [4.78, 5) is 24.4. The van der Waals surface area contributed by atoms with E-state index in [1.807, 2.05) is 5.32 Å². The zero-order valence-electron chi connectivity index (χ0n) is 8.29. The predicted octanol–water partition coefficient (Wildman–Crippen LogP) is 0.266. The Morgan fingerprint density at radius 2 is 1.86 bits per heavy atom. The van der Waals surface area contributed by atoms with Crippen molar-refractivity contribution in [2.75, 3.05) is 6.61 Å². The van der Waals surface area contributed by atoms with Gasteiger partial charge in [-0.25, -0.2) is 5.90 Å². The molecular formula is C9H16N2O3. The van der Waals surface area contributed by atoms with E-state index in [4.69, 9.17) is 5.90 Å². The molecule has 0 unspecified atom stereocenters. The number of unbranched alkanes of at least 4 members (excludes halogenated alkanes) is 2. The smallest absolute Gasteiger partial charge is 0.250 e. The van der Waals surface area contributed by atoms with E-state index in [1.54, 1.807) is 0 Å². The highest BCUT2D eigenvalue weighted by atomic mass is 16.6. The van der Waals surface area contributed by atoms with Gasteiger partial charge in [0.25, 0.3) is 11.8 Å². The third-order valence-corrected chi connectivity index (χ3v) is 1.50. The van der Waals surface area contributed by atoms with Gasteiger partial charge in [0.2, 0.25) is 0 Å². The Bertz CT molecular complexity index is 194. The SMILES string of the molecule is CCCCCON.O=C1C=CC(=O)N1. The molecule has 0 radical (unpaired) electrons. The summed E-state index contributed by atoms with van der Waals surface area (Å²) in [6.07, 6.45) is 5.93. The largest absolute Gasteiger partial charge is 0.305 e. The molecule has 0 bridgehead atoms. The quantitative estimate of drug-likeness (QED) is 0.387. The van der Waals surface area contributed by atoms with Crippen LogP contribution in [-0.4, -0.2) is 18.4 Å². The highest BCUT2D eigenvalue weighted by Gasteiger charge is 2.06. The maximum atomic E-state index is 10.0. The van der Waals surface area contributed by atoms with Crippen LogP contribution >= 0.6 is 0 Å². The molecule has 0 aromatic heterocycles. The van der Waals surface area contributed by atoms with Crippen molar-refractivity contribution in [1.29, 1.82) is 0 Å². The lowest BCUT2D eigenvalue weighted by Crippen LogP contribution is -2.19. The molecule has 0 fully saturated rings. The number of hydrogen-bond donors (Lipinski definition) is 2. The van der Waals surface area contributed by atoms with Gasteiger partial charge in [-0.3, -0.25) is 14.9 Å². The minimum atomic E-state index is -0.329. The van der Waals surface area contributed by atoms with Gasteiger partial charge in [0.05, 0.1) is 6.61 Å². The Morgan fingerprint density at radius 3 is 2.14 bits per heavy atom. The third-order valence-electron chi connectivity index (χ3n) is 1.50. The van der Waals surface area contributed by atoms with Crippen LogP contribution in [0.3, 0.4) is 0 Å². The molecule has 0 spiro atoms. The minimum absolute atomic E-state index is 0.329. The van der Waals surface area contributed by atoms with Crippen LogP contribution < -0.4 is 11.2 Å². The van der Waals surface area contributed by atoms with Crippen LogP contribution in [0, 0.1) is 0 Å². The fourth-order valence-corrected chi connectivity index (χ4v) is 0.792. The van der Waals surface area contributed by atoms with Gasteiger partial charge in [0, 0.05) is 12.2 Å². The van der Waals surface area contributed by atoms with E-state index in [0.29, 0.717) is 6.61 Å². The number of carbonyl (C=O) groups excluding carboxylic acids is 2. The molecule has 0 aromatic carbocycles. The number of imide groups is 1. The van der Waals surface area contributed by atoms with Gasteiger partial charge in [-0.1, -0.05) is 19.8 Å². The lowest BCUT2D eigenvalue weighted by Gasteiger charge is -1.92. The van der Waals surface area contributed by atoms with E-state index in [-0.39, 0.29) is 11.8 Å². The van der Waals surface area contributed by atoms with Gasteiger partial charge in [0.15, 0.2) is 0 Å². The second-order valence-corrected chi connectivity index (χ2v) is 2.76. The van der Waals surface area contributed by atoms with Gasteiger partial charge in [-0.2, -0.15) is 0 Å². The van der Waals surface area contributed by atoms with Gasteiger partial charge in [-0.15, -0.1) is 0 Å². The molecule has 1 heterocycles. The zero-order chi connectivity index (χ0) is 10.8. The van der Waals surface area contributed by atoms with Crippen molar-refractivity contribution in [3.63, 3.8) is 0 Å². The van der Waals surface area contributed by atoms with E-state index >= 15 is 0 Å². The molecule has 0 aliphatic carbocycles. The number of amides is 2. The van der Waals surface area contributed by atoms with E-state index in [1.165, 1.54) is 25.0 Å². The Labute approximate surface area is 83.2 Å². The van der Waals surface area contributed by atoms with Crippen molar-refractivity contribution in [2.45, 2.75) is 26.2 Å². The van der Waals surface area contributed by atoms with E-state index in [0.717, 1.165) is 6.42 Å². The zero-order valence-corrected chi connectivity index (χ0v) is 8.29. The van der Waals surface area contributed by atoms with Crippen LogP contribution in [0.4, 0.5) is 0 Å². The minimum Gasteiger partial charge on any atom is -0.305 e. The van der Waals surface area contributed by atoms with Gasteiger partial charge < -0.3 is 4.84 Å². The fourth-order valence-electron chi connectivity index (χ4n) is 0.792. The van der Waals surface area contributed by atoms with E-state index in [2.05, 4.69) is 11.8 Å². The second-order valence-electron chi connectivity index (χ2n) is 2.76. The maximum Gasteiger partial charge on any atom is 0.250 e. The number of rotatable bonds is 4. The molecule has 3 N–H and O–H groups in total. The van der Waals surface area contributed by atoms with Gasteiger partial charge in [-0.05, 0) is 6.42 Å². The molecule has 80 valence electrons. The first-order valence-corrected chi connectivity index (χ1v) is 4.55. The first-order chi connectivity index (χ1) is 6.70. The number of carbonyl (C=O) groups is 2. The van der Waals surface area contributed by atoms with Crippen LogP contribution in [-0.2, 0) is 14.4 Å². The molecule has 1 aliphatic rings. The third kappa shape index (κ3) is 7.45. The molecule has 5 nitrogen and oxygen atoms in total. The number of nitrogens with one attached hydrogen (secondary N) is 1. The summed E-state index contributed by atoms with van der Waals surface area (Å²) in [6, 6.07) is 0. The van der Waals surface area contributed by atoms with E-state index in [9.17, 15) is 9.59 Å². The molecule has 1 aliphatic heterocycles. The van der Waals surface area contributed by atoms with Gasteiger partial charge in [0.1, 0.15) is 0 Å². The highest BCUT2D eigenvalue weighted by Crippen LogP contribution is 1.91. The molecule has 0 atom stereocenters. The van der Waals surface area contributed by atoms with Gasteiger partial charge >= 0.3 is 0 Å². The molecular weight excluding hydrogens is 184 g/mol. The number of hydrogen-bond acceptors (Lipinski definition) is 4. The van der Waals surface area contributed by atoms with Crippen molar-refractivity contribution >= 4 is 11.8 Å². The summed E-state index contributed by atoms with van der Waals surface area (Å²) in [5.41, 5.74) is 0. The average molecular weight is 200 g/mol. The highest BCUT2D eigenvalue weighted by molar-refractivity contribution is 6.12. The Morgan fingerprint density at radius 1 is 1.29 bits per heavy atom. The Kier molecular flexibility index (Phi) is 7.68. The van der Waals surface area contributed by atoms with Crippen molar-refractivity contribution < 1.29 is 14.4 Å². The summed E-state index contributed by atoms with van der Waals surface area (Å²) in [6.45, 7) is 2.85. The summed E-state index contributed by atoms with van der Waals surface area (Å²) in [5.74, 6) is 4.11. The first-order valence-electron chi connectivity index (χ1n) is 4.55. The summed E-state index contributed by atoms with van der Waals surface area (Å²) >= 11 is 0. The molecule has 0 saturated carbocycles. The van der Waals surface area contributed by atoms with Crippen molar-refractivity contribution in [3.8, 4) is 0 Å². The van der Waals surface area contributed by atoms with Crippen LogP contribution in [0.5, 0.6) is 0 Å². The monoisotopic (exact) mass is 200 g/mol. The van der Waals surface area contributed by atoms with Crippen LogP contribution in [0.15, 0.2) is 12.2 Å². The normalized spacial score (nSPS) is 13.6. The van der Waals surface area contributed by atoms with Crippen molar-refractivity contribution in [3.05, 3.63) is 12.2 Å². The first kappa shape index (κ1) is 12.8. The molecule has 0 saturated heterocycles. The molecule has 0 aromatic rings.